The van der Waals surface area contributed by atoms with Gasteiger partial charge < -0.3 is 19.4 Å². The third kappa shape index (κ3) is 3.32. The van der Waals surface area contributed by atoms with E-state index in [2.05, 4.69) is 5.16 Å². The second-order valence-electron chi connectivity index (χ2n) is 6.10. The Labute approximate surface area is 135 Å². The predicted octanol–water partition coefficient (Wildman–Crippen LogP) is 2.46. The fraction of sp³-hybridized carbons (Fsp3) is 0.529. The number of benzene rings is 1. The molecule has 0 amide bonds. The number of hydrogen-bond donors (Lipinski definition) is 1. The molecule has 23 heavy (non-hydrogen) atoms. The van der Waals surface area contributed by atoms with Crippen molar-refractivity contribution in [2.24, 2.45) is 10.6 Å². The van der Waals surface area contributed by atoms with Crippen molar-refractivity contribution in [1.29, 1.82) is 0 Å². The average Bonchev–Trinajstić information content (AvgIpc) is 3.04. The van der Waals surface area contributed by atoms with Gasteiger partial charge in [-0.15, -0.1) is 0 Å². The number of aliphatic carboxylic acids is 1. The second kappa shape index (κ2) is 6.58. The van der Waals surface area contributed by atoms with E-state index in [-0.39, 0.29) is 6.10 Å². The van der Waals surface area contributed by atoms with Crippen molar-refractivity contribution < 1.29 is 24.2 Å². The molecule has 2 aliphatic heterocycles. The van der Waals surface area contributed by atoms with Crippen LogP contribution in [0.2, 0.25) is 0 Å². The molecular weight excluding hydrogens is 298 g/mol. The second-order valence-corrected chi connectivity index (χ2v) is 6.10. The molecule has 1 saturated heterocycles. The minimum Gasteiger partial charge on any atom is -0.497 e. The quantitative estimate of drug-likeness (QED) is 0.902. The van der Waals surface area contributed by atoms with Crippen molar-refractivity contribution in [2.45, 2.75) is 31.8 Å². The predicted molar refractivity (Wildman–Crippen MR) is 83.8 cm³/mol. The Balaban J connectivity index is 1.65. The van der Waals surface area contributed by atoms with E-state index in [4.69, 9.17) is 14.3 Å². The van der Waals surface area contributed by atoms with Gasteiger partial charge in [0.1, 0.15) is 11.9 Å². The molecule has 2 heterocycles. The molecule has 0 saturated carbocycles. The molecule has 1 fully saturated rings. The lowest BCUT2D eigenvalue weighted by atomic mass is 9.75. The normalized spacial score (nSPS) is 23.0. The zero-order valence-corrected chi connectivity index (χ0v) is 13.2. The highest BCUT2D eigenvalue weighted by molar-refractivity contribution is 6.01. The Hall–Kier alpha value is -2.08. The van der Waals surface area contributed by atoms with Crippen molar-refractivity contribution in [1.82, 2.24) is 0 Å². The minimum atomic E-state index is -0.762. The van der Waals surface area contributed by atoms with E-state index in [9.17, 15) is 9.90 Å². The maximum atomic E-state index is 11.7. The summed E-state index contributed by atoms with van der Waals surface area (Å²) in [6.45, 7) is 0.983. The molecule has 6 heteroatoms. The van der Waals surface area contributed by atoms with Gasteiger partial charge in [-0.3, -0.25) is 4.79 Å². The molecule has 0 aliphatic carbocycles. The number of carboxylic acids is 1. The van der Waals surface area contributed by atoms with Gasteiger partial charge in [-0.1, -0.05) is 5.16 Å². The van der Waals surface area contributed by atoms with Gasteiger partial charge >= 0.3 is 5.97 Å². The molecular formula is C17H21NO5. The van der Waals surface area contributed by atoms with Crippen LogP contribution in [-0.2, 0) is 14.4 Å². The van der Waals surface area contributed by atoms with Crippen molar-refractivity contribution in [2.75, 3.05) is 20.3 Å². The summed E-state index contributed by atoms with van der Waals surface area (Å²) in [4.78, 5) is 17.2. The molecule has 0 radical (unpaired) electrons. The Morgan fingerprint density at radius 3 is 2.65 bits per heavy atom. The van der Waals surface area contributed by atoms with Crippen LogP contribution in [0.5, 0.6) is 5.75 Å². The summed E-state index contributed by atoms with van der Waals surface area (Å²) in [6.07, 6.45) is 1.96. The number of methoxy groups -OCH3 is 1. The molecule has 6 nitrogen and oxygen atoms in total. The molecule has 0 bridgehead atoms. The van der Waals surface area contributed by atoms with Crippen LogP contribution >= 0.6 is 0 Å². The van der Waals surface area contributed by atoms with Gasteiger partial charge in [0, 0.05) is 26.1 Å². The largest absolute Gasteiger partial charge is 0.497 e. The number of rotatable bonds is 5. The van der Waals surface area contributed by atoms with Crippen molar-refractivity contribution in [3.05, 3.63) is 29.8 Å². The Morgan fingerprint density at radius 2 is 2.04 bits per heavy atom. The van der Waals surface area contributed by atoms with Gasteiger partial charge in [-0.25, -0.2) is 0 Å². The molecule has 3 rings (SSSR count). The summed E-state index contributed by atoms with van der Waals surface area (Å²) < 4.78 is 10.5. The molecule has 1 aromatic carbocycles. The van der Waals surface area contributed by atoms with E-state index in [0.29, 0.717) is 38.9 Å². The standard InChI is InChI=1S/C17H21NO5/c1-21-13-4-2-12(3-5-13)15-10-14(23-18-15)11-17(16(19)20)6-8-22-9-7-17/h2-5,14H,6-11H2,1H3,(H,19,20)/t14-/m0/s1. The lowest BCUT2D eigenvalue weighted by Gasteiger charge is -2.34. The molecule has 0 unspecified atom stereocenters. The van der Waals surface area contributed by atoms with Gasteiger partial charge in [0.05, 0.1) is 18.2 Å². The van der Waals surface area contributed by atoms with E-state index in [0.717, 1.165) is 17.0 Å². The van der Waals surface area contributed by atoms with Crippen LogP contribution in [0.3, 0.4) is 0 Å². The average molecular weight is 319 g/mol. The Kier molecular flexibility index (Phi) is 4.52. The first kappa shape index (κ1) is 15.8. The first-order valence-corrected chi connectivity index (χ1v) is 7.81. The van der Waals surface area contributed by atoms with Crippen LogP contribution < -0.4 is 4.74 Å². The molecule has 2 aliphatic rings. The Morgan fingerprint density at radius 1 is 1.35 bits per heavy atom. The topological polar surface area (TPSA) is 77.4 Å². The number of oxime groups is 1. The van der Waals surface area contributed by atoms with Crippen molar-refractivity contribution >= 4 is 11.7 Å². The lowest BCUT2D eigenvalue weighted by molar-refractivity contribution is -0.158. The highest BCUT2D eigenvalue weighted by Gasteiger charge is 2.43. The fourth-order valence-corrected chi connectivity index (χ4v) is 3.19. The van der Waals surface area contributed by atoms with Crippen LogP contribution in [0.4, 0.5) is 0 Å². The van der Waals surface area contributed by atoms with Crippen LogP contribution in [0.15, 0.2) is 29.4 Å². The third-order valence-electron chi connectivity index (χ3n) is 4.68. The summed E-state index contributed by atoms with van der Waals surface area (Å²) in [6, 6.07) is 7.63. The van der Waals surface area contributed by atoms with E-state index < -0.39 is 11.4 Å². The number of ether oxygens (including phenoxy) is 2. The van der Waals surface area contributed by atoms with Crippen LogP contribution in [-0.4, -0.2) is 43.2 Å². The van der Waals surface area contributed by atoms with Gasteiger partial charge in [0.2, 0.25) is 0 Å². The summed E-state index contributed by atoms with van der Waals surface area (Å²) in [5, 5.41) is 13.8. The SMILES string of the molecule is COc1ccc(C2=NO[C@H](CC3(C(=O)O)CCOCC3)C2)cc1. The molecule has 1 N–H and O–H groups in total. The highest BCUT2D eigenvalue weighted by atomic mass is 16.6. The smallest absolute Gasteiger partial charge is 0.309 e. The first-order valence-electron chi connectivity index (χ1n) is 7.81. The van der Waals surface area contributed by atoms with E-state index >= 15 is 0 Å². The molecule has 124 valence electrons. The zero-order valence-electron chi connectivity index (χ0n) is 13.2. The number of carbonyl (C=O) groups is 1. The fourth-order valence-electron chi connectivity index (χ4n) is 3.19. The van der Waals surface area contributed by atoms with Gasteiger partial charge in [0.15, 0.2) is 0 Å². The third-order valence-corrected chi connectivity index (χ3v) is 4.68. The van der Waals surface area contributed by atoms with E-state index in [1.54, 1.807) is 7.11 Å². The molecule has 0 aromatic heterocycles. The van der Waals surface area contributed by atoms with Crippen molar-refractivity contribution in [3.63, 3.8) is 0 Å². The van der Waals surface area contributed by atoms with E-state index in [1.165, 1.54) is 0 Å². The van der Waals surface area contributed by atoms with Gasteiger partial charge in [0.25, 0.3) is 0 Å². The zero-order chi connectivity index (χ0) is 16.3. The summed E-state index contributed by atoms with van der Waals surface area (Å²) in [5.74, 6) is 0.0270. The number of carboxylic acid groups (broad SMARTS) is 1. The van der Waals surface area contributed by atoms with Gasteiger partial charge in [-0.2, -0.15) is 0 Å². The first-order chi connectivity index (χ1) is 11.1. The summed E-state index contributed by atoms with van der Waals surface area (Å²) in [7, 11) is 1.63. The molecule has 0 spiro atoms. The summed E-state index contributed by atoms with van der Waals surface area (Å²) >= 11 is 0. The minimum absolute atomic E-state index is 0.193. The Bertz CT molecular complexity index is 590. The number of nitrogens with zero attached hydrogens (tertiary/aromatic N) is 1. The van der Waals surface area contributed by atoms with Crippen LogP contribution in [0, 0.1) is 5.41 Å². The van der Waals surface area contributed by atoms with Gasteiger partial charge in [-0.05, 0) is 42.7 Å². The maximum absolute atomic E-state index is 11.7. The maximum Gasteiger partial charge on any atom is 0.309 e. The molecule has 1 atom stereocenters. The lowest BCUT2D eigenvalue weighted by Crippen LogP contribution is -2.40. The van der Waals surface area contributed by atoms with Crippen LogP contribution in [0.25, 0.3) is 0 Å². The van der Waals surface area contributed by atoms with Crippen LogP contribution in [0.1, 0.15) is 31.2 Å². The highest BCUT2D eigenvalue weighted by Crippen LogP contribution is 2.38. The summed E-state index contributed by atoms with van der Waals surface area (Å²) in [5.41, 5.74) is 1.07. The van der Waals surface area contributed by atoms with Crippen molar-refractivity contribution in [3.8, 4) is 5.75 Å². The molecule has 1 aromatic rings. The monoisotopic (exact) mass is 319 g/mol. The van der Waals surface area contributed by atoms with E-state index in [1.807, 2.05) is 24.3 Å². The number of hydrogen-bond acceptors (Lipinski definition) is 5.